The van der Waals surface area contributed by atoms with E-state index in [1.54, 1.807) is 6.42 Å². The Morgan fingerprint density at radius 1 is 1.21 bits per heavy atom. The van der Waals surface area contributed by atoms with Crippen molar-refractivity contribution in [3.05, 3.63) is 41.8 Å². The van der Waals surface area contributed by atoms with Crippen LogP contribution in [-0.4, -0.2) is 30.0 Å². The fourth-order valence-corrected chi connectivity index (χ4v) is 1.29. The van der Waals surface area contributed by atoms with Gasteiger partial charge < -0.3 is 15.5 Å². The first kappa shape index (κ1) is 11.2. The summed E-state index contributed by atoms with van der Waals surface area (Å²) in [6.45, 7) is 1.50. The maximum atomic E-state index is 8.80. The third-order valence-corrected chi connectivity index (χ3v) is 1.97. The highest BCUT2D eigenvalue weighted by molar-refractivity contribution is 5.32. The van der Waals surface area contributed by atoms with Crippen molar-refractivity contribution in [3.8, 4) is 0 Å². The molecule has 1 aromatic rings. The second kappa shape index (κ2) is 6.54. The standard InChI is InChI=1S/C11H16NO2/c13-7-5-10-3-1-2-4-11(10)9-12-6-8-14/h1-5,12-14H,6-9H2. The minimum Gasteiger partial charge on any atom is -0.396 e. The summed E-state index contributed by atoms with van der Waals surface area (Å²) >= 11 is 0. The van der Waals surface area contributed by atoms with Crippen molar-refractivity contribution in [2.75, 3.05) is 19.8 Å². The van der Waals surface area contributed by atoms with Crippen LogP contribution in [0.25, 0.3) is 0 Å². The van der Waals surface area contributed by atoms with Gasteiger partial charge in [-0.1, -0.05) is 24.3 Å². The molecule has 0 atom stereocenters. The summed E-state index contributed by atoms with van der Waals surface area (Å²) in [6, 6.07) is 7.87. The molecule has 0 heterocycles. The van der Waals surface area contributed by atoms with Crippen LogP contribution in [-0.2, 0) is 6.54 Å². The van der Waals surface area contributed by atoms with E-state index in [-0.39, 0.29) is 13.2 Å². The summed E-state index contributed by atoms with van der Waals surface area (Å²) in [5.74, 6) is 0. The Hall–Kier alpha value is -0.900. The highest BCUT2D eigenvalue weighted by Gasteiger charge is 2.00. The van der Waals surface area contributed by atoms with Crippen LogP contribution < -0.4 is 5.32 Å². The second-order valence-electron chi connectivity index (χ2n) is 2.99. The SMILES string of the molecule is OC[CH]c1ccccc1CNCCO. The highest BCUT2D eigenvalue weighted by atomic mass is 16.3. The first-order chi connectivity index (χ1) is 6.88. The number of benzene rings is 1. The van der Waals surface area contributed by atoms with E-state index in [9.17, 15) is 0 Å². The number of rotatable bonds is 6. The van der Waals surface area contributed by atoms with E-state index in [1.165, 1.54) is 0 Å². The Bertz CT molecular complexity index is 263. The molecule has 3 heteroatoms. The molecule has 1 rings (SSSR count). The summed E-state index contributed by atoms with van der Waals surface area (Å²) in [5, 5.41) is 20.5. The van der Waals surface area contributed by atoms with Gasteiger partial charge in [-0.05, 0) is 11.1 Å². The van der Waals surface area contributed by atoms with E-state index in [0.29, 0.717) is 13.1 Å². The molecule has 0 fully saturated rings. The Morgan fingerprint density at radius 3 is 2.71 bits per heavy atom. The molecule has 0 amide bonds. The molecule has 0 bridgehead atoms. The van der Waals surface area contributed by atoms with Crippen LogP contribution >= 0.6 is 0 Å². The monoisotopic (exact) mass is 194 g/mol. The molecule has 77 valence electrons. The molecule has 0 spiro atoms. The molecule has 0 unspecified atom stereocenters. The number of aliphatic hydroxyl groups excluding tert-OH is 2. The molecule has 3 nitrogen and oxygen atoms in total. The first-order valence-corrected chi connectivity index (χ1v) is 4.72. The van der Waals surface area contributed by atoms with E-state index >= 15 is 0 Å². The zero-order valence-corrected chi connectivity index (χ0v) is 8.11. The largest absolute Gasteiger partial charge is 0.396 e. The molecular formula is C11H16NO2. The topological polar surface area (TPSA) is 52.5 Å². The van der Waals surface area contributed by atoms with Gasteiger partial charge in [-0.15, -0.1) is 0 Å². The van der Waals surface area contributed by atoms with Crippen molar-refractivity contribution >= 4 is 0 Å². The fourth-order valence-electron chi connectivity index (χ4n) is 1.29. The third kappa shape index (κ3) is 3.46. The molecule has 0 saturated heterocycles. The number of hydrogen-bond acceptors (Lipinski definition) is 3. The summed E-state index contributed by atoms with van der Waals surface area (Å²) in [6.07, 6.45) is 1.77. The van der Waals surface area contributed by atoms with Crippen molar-refractivity contribution in [2.45, 2.75) is 6.54 Å². The van der Waals surface area contributed by atoms with E-state index in [4.69, 9.17) is 10.2 Å². The van der Waals surface area contributed by atoms with Gasteiger partial charge in [-0.2, -0.15) is 0 Å². The van der Waals surface area contributed by atoms with Crippen molar-refractivity contribution in [1.82, 2.24) is 5.32 Å². The Morgan fingerprint density at radius 2 is 2.00 bits per heavy atom. The van der Waals surface area contributed by atoms with Gasteiger partial charge in [0, 0.05) is 19.5 Å². The van der Waals surface area contributed by atoms with Gasteiger partial charge in [-0.25, -0.2) is 0 Å². The average molecular weight is 194 g/mol. The van der Waals surface area contributed by atoms with Crippen LogP contribution in [0.3, 0.4) is 0 Å². The van der Waals surface area contributed by atoms with Crippen LogP contribution in [0.5, 0.6) is 0 Å². The summed E-state index contributed by atoms with van der Waals surface area (Å²) in [7, 11) is 0. The molecule has 0 aromatic heterocycles. The van der Waals surface area contributed by atoms with Gasteiger partial charge in [0.25, 0.3) is 0 Å². The van der Waals surface area contributed by atoms with E-state index in [0.717, 1.165) is 11.1 Å². The van der Waals surface area contributed by atoms with Gasteiger partial charge in [0.05, 0.1) is 13.2 Å². The minimum atomic E-state index is 0.0526. The predicted octanol–water partition coefficient (Wildman–Crippen LogP) is 0.313. The van der Waals surface area contributed by atoms with E-state index in [1.807, 2.05) is 24.3 Å². The van der Waals surface area contributed by atoms with Crippen LogP contribution in [0, 0.1) is 6.42 Å². The van der Waals surface area contributed by atoms with Gasteiger partial charge in [-0.3, -0.25) is 0 Å². The molecule has 14 heavy (non-hydrogen) atoms. The smallest absolute Gasteiger partial charge is 0.0556 e. The van der Waals surface area contributed by atoms with Crippen LogP contribution in [0.1, 0.15) is 11.1 Å². The van der Waals surface area contributed by atoms with Gasteiger partial charge in [0.2, 0.25) is 0 Å². The van der Waals surface area contributed by atoms with E-state index < -0.39 is 0 Å². The van der Waals surface area contributed by atoms with Crippen molar-refractivity contribution in [3.63, 3.8) is 0 Å². The highest BCUT2D eigenvalue weighted by Crippen LogP contribution is 2.10. The lowest BCUT2D eigenvalue weighted by Crippen LogP contribution is -2.18. The molecule has 3 N–H and O–H groups in total. The first-order valence-electron chi connectivity index (χ1n) is 4.72. The lowest BCUT2D eigenvalue weighted by atomic mass is 10.1. The number of hydrogen-bond donors (Lipinski definition) is 3. The van der Waals surface area contributed by atoms with Crippen molar-refractivity contribution in [1.29, 1.82) is 0 Å². The zero-order chi connectivity index (χ0) is 10.2. The Balaban J connectivity index is 2.55. The van der Waals surface area contributed by atoms with Crippen LogP contribution in [0.15, 0.2) is 24.3 Å². The van der Waals surface area contributed by atoms with Gasteiger partial charge in [0.15, 0.2) is 0 Å². The molecule has 1 aromatic carbocycles. The predicted molar refractivity (Wildman–Crippen MR) is 55.7 cm³/mol. The quantitative estimate of drug-likeness (QED) is 0.571. The summed E-state index contributed by atoms with van der Waals surface area (Å²) in [4.78, 5) is 0. The van der Waals surface area contributed by atoms with Crippen LogP contribution in [0.4, 0.5) is 0 Å². The second-order valence-corrected chi connectivity index (χ2v) is 2.99. The van der Waals surface area contributed by atoms with Gasteiger partial charge in [0.1, 0.15) is 0 Å². The fraction of sp³-hybridized carbons (Fsp3) is 0.364. The average Bonchev–Trinajstić information content (AvgIpc) is 2.21. The van der Waals surface area contributed by atoms with Crippen molar-refractivity contribution in [2.24, 2.45) is 0 Å². The molecule has 0 aliphatic heterocycles. The Labute approximate surface area is 84.4 Å². The third-order valence-electron chi connectivity index (χ3n) is 1.97. The molecule has 0 saturated carbocycles. The summed E-state index contributed by atoms with van der Waals surface area (Å²) < 4.78 is 0. The van der Waals surface area contributed by atoms with Gasteiger partial charge >= 0.3 is 0 Å². The molecule has 0 aliphatic carbocycles. The van der Waals surface area contributed by atoms with E-state index in [2.05, 4.69) is 5.32 Å². The van der Waals surface area contributed by atoms with Crippen LogP contribution in [0.2, 0.25) is 0 Å². The lowest BCUT2D eigenvalue weighted by molar-refractivity contribution is 0.292. The molecule has 0 aliphatic rings. The number of aliphatic hydroxyl groups is 2. The number of nitrogens with one attached hydrogen (secondary N) is 1. The Kier molecular flexibility index (Phi) is 5.22. The zero-order valence-electron chi connectivity index (χ0n) is 8.11. The summed E-state index contributed by atoms with van der Waals surface area (Å²) in [5.41, 5.74) is 2.18. The molecular weight excluding hydrogens is 178 g/mol. The maximum Gasteiger partial charge on any atom is 0.0556 e. The maximum absolute atomic E-state index is 8.80. The molecule has 1 radical (unpaired) electrons. The minimum absolute atomic E-state index is 0.0526. The normalized spacial score (nSPS) is 10.4. The van der Waals surface area contributed by atoms with Crippen molar-refractivity contribution < 1.29 is 10.2 Å². The lowest BCUT2D eigenvalue weighted by Gasteiger charge is -2.08.